The molecular weight excluding hydrogens is 465 g/mol. The molecule has 0 unspecified atom stereocenters. The van der Waals surface area contributed by atoms with Gasteiger partial charge in [0.1, 0.15) is 17.1 Å². The zero-order valence-corrected chi connectivity index (χ0v) is 19.4. The summed E-state index contributed by atoms with van der Waals surface area (Å²) >= 11 is 0. The van der Waals surface area contributed by atoms with Crippen molar-refractivity contribution < 1.29 is 26.7 Å². The smallest absolute Gasteiger partial charge is 0.175 e. The van der Waals surface area contributed by atoms with E-state index in [1.54, 1.807) is 18.2 Å². The third-order valence-corrected chi connectivity index (χ3v) is 6.45. The van der Waals surface area contributed by atoms with E-state index in [1.165, 1.54) is 56.3 Å². The standard InChI is InChI=1S/C25H21F3N2O3S/c1-25(2,31)23-14-22(18-8-5-9-19(26)24(18)28)30(29-23)21-11-10-16(13-20(21)27)15-6-4-7-17(12-15)34(3,32)33/h4-14,31H,1-3H3. The number of hydrogen-bond donors (Lipinski definition) is 1. The van der Waals surface area contributed by atoms with Gasteiger partial charge in [-0.05, 0) is 67.4 Å². The fraction of sp³-hybridized carbons (Fsp3) is 0.160. The second-order valence-electron chi connectivity index (χ2n) is 8.45. The summed E-state index contributed by atoms with van der Waals surface area (Å²) in [6.07, 6.45) is 1.08. The monoisotopic (exact) mass is 486 g/mol. The van der Waals surface area contributed by atoms with Crippen LogP contribution in [0, 0.1) is 17.5 Å². The van der Waals surface area contributed by atoms with Crippen LogP contribution in [-0.4, -0.2) is 29.6 Å². The summed E-state index contributed by atoms with van der Waals surface area (Å²) in [6.45, 7) is 2.94. The van der Waals surface area contributed by atoms with E-state index in [9.17, 15) is 22.3 Å². The van der Waals surface area contributed by atoms with Crippen LogP contribution in [0.15, 0.2) is 71.6 Å². The average Bonchev–Trinajstić information content (AvgIpc) is 3.20. The van der Waals surface area contributed by atoms with Gasteiger partial charge in [-0.1, -0.05) is 24.3 Å². The topological polar surface area (TPSA) is 72.2 Å². The first kappa shape index (κ1) is 23.7. The number of rotatable bonds is 5. The number of sulfone groups is 1. The van der Waals surface area contributed by atoms with Crippen LogP contribution in [0.3, 0.4) is 0 Å². The highest BCUT2D eigenvalue weighted by molar-refractivity contribution is 7.90. The Morgan fingerprint density at radius 3 is 2.21 bits per heavy atom. The van der Waals surface area contributed by atoms with E-state index in [1.807, 2.05) is 0 Å². The van der Waals surface area contributed by atoms with E-state index in [0.717, 1.165) is 17.0 Å². The first-order valence-electron chi connectivity index (χ1n) is 10.2. The van der Waals surface area contributed by atoms with Gasteiger partial charge in [0.05, 0.1) is 16.3 Å². The lowest BCUT2D eigenvalue weighted by Gasteiger charge is -2.13. The molecule has 0 aliphatic rings. The van der Waals surface area contributed by atoms with Crippen molar-refractivity contribution in [3.05, 3.63) is 89.9 Å². The van der Waals surface area contributed by atoms with Gasteiger partial charge >= 0.3 is 0 Å². The molecule has 4 rings (SSSR count). The van der Waals surface area contributed by atoms with Crippen molar-refractivity contribution >= 4 is 9.84 Å². The van der Waals surface area contributed by atoms with E-state index in [0.29, 0.717) is 11.1 Å². The second kappa shape index (κ2) is 8.41. The Kier molecular flexibility index (Phi) is 5.87. The maximum absolute atomic E-state index is 15.3. The van der Waals surface area contributed by atoms with Crippen LogP contribution in [0.1, 0.15) is 19.5 Å². The SMILES string of the molecule is CC(C)(O)c1cc(-c2cccc(F)c2F)n(-c2ccc(-c3cccc(S(C)(=O)=O)c3)cc2F)n1. The zero-order chi connectivity index (χ0) is 24.8. The molecule has 1 aromatic heterocycles. The summed E-state index contributed by atoms with van der Waals surface area (Å²) in [4.78, 5) is 0.0974. The summed E-state index contributed by atoms with van der Waals surface area (Å²) in [5.41, 5.74) is -0.533. The molecule has 0 spiro atoms. The Morgan fingerprint density at radius 2 is 1.56 bits per heavy atom. The molecular formula is C25H21F3N2O3S. The van der Waals surface area contributed by atoms with Crippen molar-refractivity contribution in [2.75, 3.05) is 6.26 Å². The molecule has 0 saturated heterocycles. The van der Waals surface area contributed by atoms with Crippen molar-refractivity contribution in [3.63, 3.8) is 0 Å². The Balaban J connectivity index is 1.87. The van der Waals surface area contributed by atoms with Gasteiger partial charge in [-0.2, -0.15) is 5.10 Å². The number of benzene rings is 3. The van der Waals surface area contributed by atoms with Crippen molar-refractivity contribution in [3.8, 4) is 28.1 Å². The fourth-order valence-electron chi connectivity index (χ4n) is 3.52. The summed E-state index contributed by atoms with van der Waals surface area (Å²) in [5, 5.41) is 14.7. The molecule has 0 amide bonds. The second-order valence-corrected chi connectivity index (χ2v) is 10.5. The molecule has 5 nitrogen and oxygen atoms in total. The van der Waals surface area contributed by atoms with Gasteiger partial charge < -0.3 is 5.11 Å². The molecule has 0 fully saturated rings. The number of hydrogen-bond acceptors (Lipinski definition) is 4. The summed E-state index contributed by atoms with van der Waals surface area (Å²) in [7, 11) is -3.45. The van der Waals surface area contributed by atoms with Crippen molar-refractivity contribution in [1.82, 2.24) is 9.78 Å². The third-order valence-electron chi connectivity index (χ3n) is 5.34. The van der Waals surface area contributed by atoms with Gasteiger partial charge in [0.15, 0.2) is 21.5 Å². The Hall–Kier alpha value is -3.43. The van der Waals surface area contributed by atoms with E-state index in [-0.39, 0.29) is 27.5 Å². The first-order valence-corrected chi connectivity index (χ1v) is 12.1. The predicted molar refractivity (Wildman–Crippen MR) is 123 cm³/mol. The van der Waals surface area contributed by atoms with Crippen molar-refractivity contribution in [1.29, 1.82) is 0 Å². The zero-order valence-electron chi connectivity index (χ0n) is 18.6. The molecule has 0 atom stereocenters. The molecule has 34 heavy (non-hydrogen) atoms. The molecule has 0 aliphatic carbocycles. The third kappa shape index (κ3) is 4.49. The number of halogens is 3. The number of nitrogens with zero attached hydrogens (tertiary/aromatic N) is 2. The fourth-order valence-corrected chi connectivity index (χ4v) is 4.19. The van der Waals surface area contributed by atoms with Crippen LogP contribution in [0.2, 0.25) is 0 Å². The molecule has 0 aliphatic heterocycles. The Labute approximate surface area is 195 Å². The van der Waals surface area contributed by atoms with Gasteiger partial charge in [-0.3, -0.25) is 0 Å². The van der Waals surface area contributed by atoms with Crippen LogP contribution >= 0.6 is 0 Å². The lowest BCUT2D eigenvalue weighted by atomic mass is 10.0. The van der Waals surface area contributed by atoms with Gasteiger partial charge in [-0.15, -0.1) is 0 Å². The van der Waals surface area contributed by atoms with Gasteiger partial charge in [0.2, 0.25) is 0 Å². The lowest BCUT2D eigenvalue weighted by molar-refractivity contribution is 0.0734. The molecule has 3 aromatic carbocycles. The molecule has 0 saturated carbocycles. The molecule has 176 valence electrons. The van der Waals surface area contributed by atoms with E-state index in [4.69, 9.17) is 0 Å². The van der Waals surface area contributed by atoms with Crippen molar-refractivity contribution in [2.45, 2.75) is 24.3 Å². The summed E-state index contributed by atoms with van der Waals surface area (Å²) < 4.78 is 68.7. The molecule has 1 heterocycles. The first-order chi connectivity index (χ1) is 15.9. The molecule has 4 aromatic rings. The predicted octanol–water partition coefficient (Wildman–Crippen LogP) is 5.25. The summed E-state index contributed by atoms with van der Waals surface area (Å²) in [6, 6.07) is 15.3. The molecule has 0 radical (unpaired) electrons. The minimum atomic E-state index is -3.45. The van der Waals surface area contributed by atoms with Gasteiger partial charge in [0, 0.05) is 11.8 Å². The highest BCUT2D eigenvalue weighted by Gasteiger charge is 2.26. The Bertz CT molecular complexity index is 1510. The minimum absolute atomic E-state index is 0.0554. The van der Waals surface area contributed by atoms with E-state index >= 15 is 4.39 Å². The van der Waals surface area contributed by atoms with E-state index in [2.05, 4.69) is 5.10 Å². The van der Waals surface area contributed by atoms with Crippen LogP contribution in [0.4, 0.5) is 13.2 Å². The average molecular weight is 487 g/mol. The number of aliphatic hydroxyl groups is 1. The molecule has 9 heteroatoms. The maximum atomic E-state index is 15.3. The highest BCUT2D eigenvalue weighted by atomic mass is 32.2. The van der Waals surface area contributed by atoms with Gasteiger partial charge in [0.25, 0.3) is 0 Å². The minimum Gasteiger partial charge on any atom is -0.384 e. The molecule has 1 N–H and O–H groups in total. The quantitative estimate of drug-likeness (QED) is 0.418. The summed E-state index contributed by atoms with van der Waals surface area (Å²) in [5.74, 6) is -2.93. The van der Waals surface area contributed by atoms with Crippen LogP contribution < -0.4 is 0 Å². The van der Waals surface area contributed by atoms with Crippen LogP contribution in [0.25, 0.3) is 28.1 Å². The normalized spacial score (nSPS) is 12.2. The maximum Gasteiger partial charge on any atom is 0.175 e. The van der Waals surface area contributed by atoms with Crippen molar-refractivity contribution in [2.24, 2.45) is 0 Å². The molecule has 0 bridgehead atoms. The van der Waals surface area contributed by atoms with Crippen LogP contribution in [-0.2, 0) is 15.4 Å². The van der Waals surface area contributed by atoms with Gasteiger partial charge in [-0.25, -0.2) is 26.3 Å². The Morgan fingerprint density at radius 1 is 0.882 bits per heavy atom. The van der Waals surface area contributed by atoms with E-state index < -0.39 is 32.9 Å². The lowest BCUT2D eigenvalue weighted by Crippen LogP contribution is -2.16. The largest absolute Gasteiger partial charge is 0.384 e. The highest BCUT2D eigenvalue weighted by Crippen LogP contribution is 2.33. The van der Waals surface area contributed by atoms with Crippen LogP contribution in [0.5, 0.6) is 0 Å². The number of aromatic nitrogens is 2.